The largest absolute Gasteiger partial charge is 0.351 e. The van der Waals surface area contributed by atoms with Crippen LogP contribution in [0.25, 0.3) is 21.7 Å². The van der Waals surface area contributed by atoms with Gasteiger partial charge in [0.15, 0.2) is 0 Å². The van der Waals surface area contributed by atoms with Crippen LogP contribution < -0.4 is 0 Å². The Labute approximate surface area is 142 Å². The second-order valence-electron chi connectivity index (χ2n) is 7.27. The number of aromatic nitrogens is 1. The number of amides is 1. The number of rotatable bonds is 1. The van der Waals surface area contributed by atoms with Crippen molar-refractivity contribution in [3.8, 4) is 0 Å². The fraction of sp³-hybridized carbons (Fsp3) is 0.381. The van der Waals surface area contributed by atoms with Crippen molar-refractivity contribution < 1.29 is 4.79 Å². The summed E-state index contributed by atoms with van der Waals surface area (Å²) in [6, 6.07) is 14.9. The number of benzene rings is 2. The SMILES string of the molecule is C[C@H]1CCC[C@@H](C)N(C(=O)c2cc3c(ccc4ccccc43)[nH]2)C1. The first-order valence-electron chi connectivity index (χ1n) is 8.95. The van der Waals surface area contributed by atoms with Crippen LogP contribution in [0, 0.1) is 5.92 Å². The lowest BCUT2D eigenvalue weighted by molar-refractivity contribution is 0.0672. The quantitative estimate of drug-likeness (QED) is 0.675. The summed E-state index contributed by atoms with van der Waals surface area (Å²) in [6.07, 6.45) is 3.52. The zero-order valence-corrected chi connectivity index (χ0v) is 14.4. The van der Waals surface area contributed by atoms with Crippen molar-refractivity contribution in [2.75, 3.05) is 6.54 Å². The molecule has 4 rings (SSSR count). The van der Waals surface area contributed by atoms with Crippen molar-refractivity contribution >= 4 is 27.6 Å². The van der Waals surface area contributed by atoms with Crippen LogP contribution >= 0.6 is 0 Å². The Hall–Kier alpha value is -2.29. The average molecular weight is 320 g/mol. The van der Waals surface area contributed by atoms with Gasteiger partial charge < -0.3 is 9.88 Å². The molecule has 1 amide bonds. The van der Waals surface area contributed by atoms with Crippen molar-refractivity contribution in [2.45, 2.75) is 39.2 Å². The molecule has 0 aliphatic carbocycles. The summed E-state index contributed by atoms with van der Waals surface area (Å²) in [7, 11) is 0. The normalized spacial score (nSPS) is 22.0. The Balaban J connectivity index is 1.75. The first kappa shape index (κ1) is 15.3. The van der Waals surface area contributed by atoms with E-state index in [-0.39, 0.29) is 5.91 Å². The van der Waals surface area contributed by atoms with Crippen molar-refractivity contribution in [1.29, 1.82) is 0 Å². The molecular formula is C21H24N2O. The molecule has 1 fully saturated rings. The van der Waals surface area contributed by atoms with E-state index in [2.05, 4.69) is 54.1 Å². The van der Waals surface area contributed by atoms with Crippen LogP contribution in [0.4, 0.5) is 0 Å². The highest BCUT2D eigenvalue weighted by molar-refractivity contribution is 6.09. The Bertz CT molecular complexity index is 895. The van der Waals surface area contributed by atoms with E-state index in [1.165, 1.54) is 23.6 Å². The van der Waals surface area contributed by atoms with E-state index in [9.17, 15) is 4.79 Å². The number of hydrogen-bond acceptors (Lipinski definition) is 1. The third-order valence-electron chi connectivity index (χ3n) is 5.38. The number of nitrogens with zero attached hydrogens (tertiary/aromatic N) is 1. The Morgan fingerprint density at radius 2 is 1.92 bits per heavy atom. The van der Waals surface area contributed by atoms with Crippen LogP contribution in [-0.2, 0) is 0 Å². The molecule has 1 saturated heterocycles. The number of fused-ring (bicyclic) bond motifs is 3. The molecule has 0 spiro atoms. The molecule has 2 atom stereocenters. The van der Waals surface area contributed by atoms with E-state index in [0.29, 0.717) is 17.7 Å². The highest BCUT2D eigenvalue weighted by atomic mass is 16.2. The summed E-state index contributed by atoms with van der Waals surface area (Å²) < 4.78 is 0. The minimum Gasteiger partial charge on any atom is -0.351 e. The van der Waals surface area contributed by atoms with Crippen LogP contribution in [0.2, 0.25) is 0 Å². The van der Waals surface area contributed by atoms with Crippen LogP contribution in [-0.4, -0.2) is 28.4 Å². The van der Waals surface area contributed by atoms with Crippen molar-refractivity contribution in [1.82, 2.24) is 9.88 Å². The molecule has 2 heterocycles. The monoisotopic (exact) mass is 320 g/mol. The van der Waals surface area contributed by atoms with Crippen LogP contribution in [0.3, 0.4) is 0 Å². The highest BCUT2D eigenvalue weighted by Gasteiger charge is 2.27. The van der Waals surface area contributed by atoms with E-state index in [0.717, 1.165) is 23.9 Å². The summed E-state index contributed by atoms with van der Waals surface area (Å²) in [5.74, 6) is 0.709. The number of nitrogens with one attached hydrogen (secondary N) is 1. The maximum atomic E-state index is 13.1. The van der Waals surface area contributed by atoms with Gasteiger partial charge in [-0.05, 0) is 48.6 Å². The van der Waals surface area contributed by atoms with Gasteiger partial charge in [-0.25, -0.2) is 0 Å². The molecule has 3 nitrogen and oxygen atoms in total. The molecule has 0 bridgehead atoms. The van der Waals surface area contributed by atoms with Gasteiger partial charge in [-0.3, -0.25) is 4.79 Å². The molecule has 124 valence electrons. The third-order valence-corrected chi connectivity index (χ3v) is 5.38. The van der Waals surface area contributed by atoms with Gasteiger partial charge in [0.05, 0.1) is 0 Å². The van der Waals surface area contributed by atoms with Gasteiger partial charge in [0, 0.05) is 23.5 Å². The second-order valence-corrected chi connectivity index (χ2v) is 7.27. The molecule has 24 heavy (non-hydrogen) atoms. The molecule has 1 aliphatic heterocycles. The maximum absolute atomic E-state index is 13.1. The number of H-pyrrole nitrogens is 1. The van der Waals surface area contributed by atoms with Gasteiger partial charge >= 0.3 is 0 Å². The zero-order chi connectivity index (χ0) is 16.7. The predicted molar refractivity (Wildman–Crippen MR) is 99.3 cm³/mol. The van der Waals surface area contributed by atoms with E-state index in [1.54, 1.807) is 0 Å². The molecule has 1 aromatic heterocycles. The lowest BCUT2D eigenvalue weighted by atomic mass is 10.1. The molecule has 0 radical (unpaired) electrons. The Morgan fingerprint density at radius 1 is 1.08 bits per heavy atom. The first-order valence-corrected chi connectivity index (χ1v) is 8.95. The van der Waals surface area contributed by atoms with E-state index in [1.807, 2.05) is 12.1 Å². The third kappa shape index (κ3) is 2.58. The van der Waals surface area contributed by atoms with Crippen LogP contribution in [0.1, 0.15) is 43.6 Å². The zero-order valence-electron chi connectivity index (χ0n) is 14.4. The smallest absolute Gasteiger partial charge is 0.270 e. The van der Waals surface area contributed by atoms with E-state index >= 15 is 0 Å². The minimum absolute atomic E-state index is 0.136. The van der Waals surface area contributed by atoms with Gasteiger partial charge in [-0.1, -0.05) is 43.7 Å². The Morgan fingerprint density at radius 3 is 2.79 bits per heavy atom. The summed E-state index contributed by atoms with van der Waals surface area (Å²) in [6.45, 7) is 5.28. The standard InChI is InChI=1S/C21H24N2O/c1-14-6-5-7-15(2)23(13-14)21(24)20-12-18-17-9-4-3-8-16(17)10-11-19(18)22-20/h3-4,8-12,14-15,22H,5-7,13H2,1-2H3/t14-,15+/m0/s1. The maximum Gasteiger partial charge on any atom is 0.270 e. The lowest BCUT2D eigenvalue weighted by Crippen LogP contribution is -2.40. The summed E-state index contributed by atoms with van der Waals surface area (Å²) >= 11 is 0. The van der Waals surface area contributed by atoms with Gasteiger partial charge in [-0.15, -0.1) is 0 Å². The minimum atomic E-state index is 0.136. The van der Waals surface area contributed by atoms with Crippen LogP contribution in [0.15, 0.2) is 42.5 Å². The Kier molecular flexibility index (Phi) is 3.79. The predicted octanol–water partition coefficient (Wildman–Crippen LogP) is 4.97. The highest BCUT2D eigenvalue weighted by Crippen LogP contribution is 2.28. The summed E-state index contributed by atoms with van der Waals surface area (Å²) in [5, 5.41) is 3.54. The molecule has 3 aromatic rings. The van der Waals surface area contributed by atoms with Gasteiger partial charge in [0.2, 0.25) is 0 Å². The second kappa shape index (κ2) is 5.97. The molecular weight excluding hydrogens is 296 g/mol. The number of carbonyl (C=O) groups is 1. The molecule has 0 saturated carbocycles. The molecule has 0 unspecified atom stereocenters. The number of aromatic amines is 1. The summed E-state index contributed by atoms with van der Waals surface area (Å²) in [5.41, 5.74) is 1.75. The fourth-order valence-electron chi connectivity index (χ4n) is 3.96. The van der Waals surface area contributed by atoms with Gasteiger partial charge in [0.1, 0.15) is 5.69 Å². The lowest BCUT2D eigenvalue weighted by Gasteiger charge is -2.28. The van der Waals surface area contributed by atoms with Crippen molar-refractivity contribution in [3.63, 3.8) is 0 Å². The number of hydrogen-bond donors (Lipinski definition) is 1. The molecule has 1 N–H and O–H groups in total. The average Bonchev–Trinajstić information content (AvgIpc) is 2.96. The molecule has 2 aromatic carbocycles. The van der Waals surface area contributed by atoms with Gasteiger partial charge in [0.25, 0.3) is 5.91 Å². The van der Waals surface area contributed by atoms with Crippen LogP contribution in [0.5, 0.6) is 0 Å². The fourth-order valence-corrected chi connectivity index (χ4v) is 3.96. The molecule has 1 aliphatic rings. The van der Waals surface area contributed by atoms with E-state index < -0.39 is 0 Å². The van der Waals surface area contributed by atoms with Gasteiger partial charge in [-0.2, -0.15) is 0 Å². The summed E-state index contributed by atoms with van der Waals surface area (Å²) in [4.78, 5) is 18.5. The van der Waals surface area contributed by atoms with Crippen molar-refractivity contribution in [2.24, 2.45) is 5.92 Å². The topological polar surface area (TPSA) is 36.1 Å². The van der Waals surface area contributed by atoms with E-state index in [4.69, 9.17) is 0 Å². The number of likely N-dealkylation sites (tertiary alicyclic amines) is 1. The molecule has 3 heteroatoms. The number of carbonyl (C=O) groups excluding carboxylic acids is 1. The van der Waals surface area contributed by atoms with Crippen molar-refractivity contribution in [3.05, 3.63) is 48.2 Å². The first-order chi connectivity index (χ1) is 11.6.